The van der Waals surface area contributed by atoms with Crippen molar-refractivity contribution < 1.29 is 5.11 Å². The highest BCUT2D eigenvalue weighted by atomic mass is 16.3. The molecule has 1 atom stereocenters. The average Bonchev–Trinajstić information content (AvgIpc) is 2.32. The van der Waals surface area contributed by atoms with Crippen LogP contribution in [0.1, 0.15) is 67.7 Å². The lowest BCUT2D eigenvalue weighted by Crippen LogP contribution is -2.20. The molecule has 1 fully saturated rings. The zero-order chi connectivity index (χ0) is 11.1. The van der Waals surface area contributed by atoms with E-state index in [0.717, 1.165) is 12.8 Å². The van der Waals surface area contributed by atoms with Gasteiger partial charge in [0.25, 0.3) is 0 Å². The molecule has 0 aromatic carbocycles. The molecule has 1 saturated carbocycles. The second-order valence-corrected chi connectivity index (χ2v) is 4.34. The summed E-state index contributed by atoms with van der Waals surface area (Å²) in [6, 6.07) is 0. The second kappa shape index (κ2) is 6.42. The minimum Gasteiger partial charge on any atom is -0.390 e. The topological polar surface area (TPSA) is 20.2 Å². The minimum absolute atomic E-state index is 0.372. The van der Waals surface area contributed by atoms with Crippen molar-refractivity contribution in [2.75, 3.05) is 0 Å². The molecule has 1 heteroatoms. The molecule has 13 heavy (non-hydrogen) atoms. The molecule has 0 heterocycles. The predicted octanol–water partition coefficient (Wildman–Crippen LogP) is 4.00. The van der Waals surface area contributed by atoms with Gasteiger partial charge in [0, 0.05) is 0 Å². The van der Waals surface area contributed by atoms with Crippen LogP contribution in [0.25, 0.3) is 0 Å². The molecule has 0 saturated heterocycles. The standard InChI is InChI=1S/C8H16O.2C2H6/c1-7(2)4-5-8(3,9)6-7;2*1-2/h9H,4-6H2,1-3H3;2*1-2H3. The van der Waals surface area contributed by atoms with Gasteiger partial charge in [-0.2, -0.15) is 0 Å². The van der Waals surface area contributed by atoms with Crippen molar-refractivity contribution in [3.8, 4) is 0 Å². The summed E-state index contributed by atoms with van der Waals surface area (Å²) in [4.78, 5) is 0. The van der Waals surface area contributed by atoms with E-state index in [4.69, 9.17) is 0 Å². The Bertz CT molecular complexity index is 100. The molecular formula is C12H28O. The molecule has 1 aliphatic carbocycles. The zero-order valence-corrected chi connectivity index (χ0v) is 10.6. The van der Waals surface area contributed by atoms with E-state index >= 15 is 0 Å². The quantitative estimate of drug-likeness (QED) is 0.609. The fraction of sp³-hybridized carbons (Fsp3) is 1.00. The highest BCUT2D eigenvalue weighted by Crippen LogP contribution is 2.42. The van der Waals surface area contributed by atoms with E-state index in [2.05, 4.69) is 13.8 Å². The Labute approximate surface area is 84.6 Å². The SMILES string of the molecule is CC.CC.CC1(C)CCC(C)(O)C1. The lowest BCUT2D eigenvalue weighted by Gasteiger charge is -2.19. The summed E-state index contributed by atoms with van der Waals surface area (Å²) in [7, 11) is 0. The number of rotatable bonds is 0. The first kappa shape index (κ1) is 15.4. The molecule has 0 spiro atoms. The van der Waals surface area contributed by atoms with Crippen LogP contribution in [0.3, 0.4) is 0 Å². The molecular weight excluding hydrogens is 160 g/mol. The number of hydrogen-bond acceptors (Lipinski definition) is 1. The summed E-state index contributed by atoms with van der Waals surface area (Å²) < 4.78 is 0. The van der Waals surface area contributed by atoms with E-state index in [1.54, 1.807) is 0 Å². The van der Waals surface area contributed by atoms with Crippen molar-refractivity contribution in [1.29, 1.82) is 0 Å². The maximum atomic E-state index is 9.53. The molecule has 0 aliphatic heterocycles. The van der Waals surface area contributed by atoms with E-state index in [9.17, 15) is 5.11 Å². The number of aliphatic hydroxyl groups is 1. The van der Waals surface area contributed by atoms with Crippen molar-refractivity contribution in [2.24, 2.45) is 5.41 Å². The van der Waals surface area contributed by atoms with Crippen LogP contribution in [-0.2, 0) is 0 Å². The zero-order valence-electron chi connectivity index (χ0n) is 10.6. The number of hydrogen-bond donors (Lipinski definition) is 1. The average molecular weight is 188 g/mol. The molecule has 1 unspecified atom stereocenters. The fourth-order valence-corrected chi connectivity index (χ4v) is 1.82. The van der Waals surface area contributed by atoms with Crippen molar-refractivity contribution >= 4 is 0 Å². The van der Waals surface area contributed by atoms with Gasteiger partial charge in [-0.25, -0.2) is 0 Å². The van der Waals surface area contributed by atoms with Crippen molar-refractivity contribution in [2.45, 2.75) is 73.3 Å². The molecule has 0 bridgehead atoms. The smallest absolute Gasteiger partial charge is 0.0625 e. The predicted molar refractivity (Wildman–Crippen MR) is 61.0 cm³/mol. The molecule has 82 valence electrons. The normalized spacial score (nSPS) is 29.5. The molecule has 0 amide bonds. The first-order valence-corrected chi connectivity index (χ1v) is 5.64. The molecule has 1 N–H and O–H groups in total. The van der Waals surface area contributed by atoms with Gasteiger partial charge in [-0.3, -0.25) is 0 Å². The molecule has 0 aromatic heterocycles. The van der Waals surface area contributed by atoms with Crippen LogP contribution in [0.4, 0.5) is 0 Å². The van der Waals surface area contributed by atoms with Gasteiger partial charge in [0.2, 0.25) is 0 Å². The van der Waals surface area contributed by atoms with Crippen LogP contribution in [0, 0.1) is 5.41 Å². The maximum Gasteiger partial charge on any atom is 0.0625 e. The summed E-state index contributed by atoms with van der Waals surface area (Å²) in [6.07, 6.45) is 3.10. The Hall–Kier alpha value is -0.0400. The maximum absolute atomic E-state index is 9.53. The molecule has 1 rings (SSSR count). The Morgan fingerprint density at radius 1 is 0.846 bits per heavy atom. The van der Waals surface area contributed by atoms with E-state index < -0.39 is 0 Å². The summed E-state index contributed by atoms with van der Waals surface area (Å²) >= 11 is 0. The lowest BCUT2D eigenvalue weighted by atomic mass is 9.90. The Balaban J connectivity index is 0. The third-order valence-electron chi connectivity index (χ3n) is 2.20. The van der Waals surface area contributed by atoms with Gasteiger partial charge in [-0.05, 0) is 31.6 Å². The van der Waals surface area contributed by atoms with Gasteiger partial charge < -0.3 is 5.11 Å². The van der Waals surface area contributed by atoms with E-state index in [0.29, 0.717) is 5.41 Å². The van der Waals surface area contributed by atoms with Gasteiger partial charge in [-0.1, -0.05) is 41.5 Å². The molecule has 0 radical (unpaired) electrons. The highest BCUT2D eigenvalue weighted by molar-refractivity contribution is 4.90. The van der Waals surface area contributed by atoms with Crippen molar-refractivity contribution in [3.63, 3.8) is 0 Å². The molecule has 1 nitrogen and oxygen atoms in total. The van der Waals surface area contributed by atoms with Gasteiger partial charge >= 0.3 is 0 Å². The van der Waals surface area contributed by atoms with E-state index in [1.807, 2.05) is 34.6 Å². The first-order chi connectivity index (χ1) is 5.91. The fourth-order valence-electron chi connectivity index (χ4n) is 1.82. The van der Waals surface area contributed by atoms with Crippen molar-refractivity contribution in [3.05, 3.63) is 0 Å². The largest absolute Gasteiger partial charge is 0.390 e. The first-order valence-electron chi connectivity index (χ1n) is 5.64. The third kappa shape index (κ3) is 7.06. The van der Waals surface area contributed by atoms with E-state index in [-0.39, 0.29) is 5.60 Å². The molecule has 1 aliphatic rings. The monoisotopic (exact) mass is 188 g/mol. The lowest BCUT2D eigenvalue weighted by molar-refractivity contribution is 0.0571. The summed E-state index contributed by atoms with van der Waals surface area (Å²) in [5, 5.41) is 9.53. The molecule has 0 aromatic rings. The van der Waals surface area contributed by atoms with Gasteiger partial charge in [-0.15, -0.1) is 0 Å². The van der Waals surface area contributed by atoms with Crippen LogP contribution < -0.4 is 0 Å². The Kier molecular flexibility index (Phi) is 7.62. The Morgan fingerprint density at radius 2 is 1.23 bits per heavy atom. The third-order valence-corrected chi connectivity index (χ3v) is 2.20. The second-order valence-electron chi connectivity index (χ2n) is 4.34. The highest BCUT2D eigenvalue weighted by Gasteiger charge is 2.37. The van der Waals surface area contributed by atoms with Crippen molar-refractivity contribution in [1.82, 2.24) is 0 Å². The Morgan fingerprint density at radius 3 is 1.31 bits per heavy atom. The van der Waals surface area contributed by atoms with Gasteiger partial charge in [0.15, 0.2) is 0 Å². The summed E-state index contributed by atoms with van der Waals surface area (Å²) in [5.41, 5.74) is 0.00694. The van der Waals surface area contributed by atoms with Gasteiger partial charge in [0.05, 0.1) is 5.60 Å². The van der Waals surface area contributed by atoms with Crippen LogP contribution in [0.5, 0.6) is 0 Å². The summed E-state index contributed by atoms with van der Waals surface area (Å²) in [5.74, 6) is 0. The van der Waals surface area contributed by atoms with E-state index in [1.165, 1.54) is 6.42 Å². The van der Waals surface area contributed by atoms with Crippen LogP contribution >= 0.6 is 0 Å². The van der Waals surface area contributed by atoms with Gasteiger partial charge in [0.1, 0.15) is 0 Å². The van der Waals surface area contributed by atoms with Crippen LogP contribution in [0.2, 0.25) is 0 Å². The minimum atomic E-state index is -0.372. The van der Waals surface area contributed by atoms with Crippen LogP contribution in [0.15, 0.2) is 0 Å². The van der Waals surface area contributed by atoms with Crippen LogP contribution in [-0.4, -0.2) is 10.7 Å². The summed E-state index contributed by atoms with van der Waals surface area (Å²) in [6.45, 7) is 14.4.